The van der Waals surface area contributed by atoms with Crippen molar-refractivity contribution < 1.29 is 9.53 Å². The molecule has 0 radical (unpaired) electrons. The Bertz CT molecular complexity index is 600. The number of methoxy groups -OCH3 is 1. The van der Waals surface area contributed by atoms with E-state index in [1.165, 1.54) is 9.58 Å². The van der Waals surface area contributed by atoms with Crippen molar-refractivity contribution in [3.63, 3.8) is 0 Å². The van der Waals surface area contributed by atoms with Gasteiger partial charge < -0.3 is 9.64 Å². The Morgan fingerprint density at radius 1 is 1.45 bits per heavy atom. The molecule has 2 rings (SSSR count). The minimum Gasteiger partial charge on any atom is -0.383 e. The van der Waals surface area contributed by atoms with Crippen molar-refractivity contribution in [2.24, 2.45) is 0 Å². The number of halogens is 1. The second-order valence-electron chi connectivity index (χ2n) is 4.22. The second-order valence-corrected chi connectivity index (χ2v) is 4.63. The maximum Gasteiger partial charge on any atom is 0.275 e. The number of hydrogen-bond donors (Lipinski definition) is 0. The monoisotopic (exact) mass is 294 g/mol. The molecule has 1 aromatic carbocycles. The van der Waals surface area contributed by atoms with Gasteiger partial charge in [0.2, 0.25) is 0 Å². The predicted molar refractivity (Wildman–Crippen MR) is 75.2 cm³/mol. The van der Waals surface area contributed by atoms with Crippen LogP contribution < -0.4 is 0 Å². The number of hydrogen-bond acceptors (Lipinski definition) is 4. The zero-order chi connectivity index (χ0) is 14.5. The lowest BCUT2D eigenvalue weighted by Crippen LogP contribution is -2.30. The van der Waals surface area contributed by atoms with Gasteiger partial charge in [-0.15, -0.1) is 5.10 Å². The summed E-state index contributed by atoms with van der Waals surface area (Å²) in [6, 6.07) is 7.23. The first-order valence-electron chi connectivity index (χ1n) is 6.05. The van der Waals surface area contributed by atoms with E-state index in [0.29, 0.717) is 23.9 Å². The van der Waals surface area contributed by atoms with E-state index in [1.54, 1.807) is 32.5 Å². The third kappa shape index (κ3) is 3.15. The van der Waals surface area contributed by atoms with Crippen LogP contribution in [0, 0.1) is 0 Å². The molecule has 1 heterocycles. The predicted octanol–water partition coefficient (Wildman–Crippen LogP) is 1.64. The average Bonchev–Trinajstić information content (AvgIpc) is 2.94. The molecule has 0 unspecified atom stereocenters. The number of amides is 1. The molecule has 0 bridgehead atoms. The molecule has 0 aliphatic carbocycles. The number of nitrogens with zero attached hydrogens (tertiary/aromatic N) is 4. The smallest absolute Gasteiger partial charge is 0.275 e. The molecule has 2 aromatic rings. The quantitative estimate of drug-likeness (QED) is 0.841. The van der Waals surface area contributed by atoms with Gasteiger partial charge in [0.05, 0.1) is 23.5 Å². The maximum absolute atomic E-state index is 12.1. The van der Waals surface area contributed by atoms with Crippen molar-refractivity contribution >= 4 is 17.5 Å². The topological polar surface area (TPSA) is 60.2 Å². The van der Waals surface area contributed by atoms with Gasteiger partial charge in [0, 0.05) is 20.7 Å². The van der Waals surface area contributed by atoms with Gasteiger partial charge in [-0.25, -0.2) is 4.68 Å². The van der Waals surface area contributed by atoms with Gasteiger partial charge in [-0.3, -0.25) is 4.79 Å². The van der Waals surface area contributed by atoms with Gasteiger partial charge in [0.1, 0.15) is 0 Å². The van der Waals surface area contributed by atoms with Crippen LogP contribution in [-0.4, -0.2) is 53.1 Å². The molecule has 0 aliphatic heterocycles. The zero-order valence-corrected chi connectivity index (χ0v) is 12.0. The summed E-state index contributed by atoms with van der Waals surface area (Å²) in [7, 11) is 3.28. The summed E-state index contributed by atoms with van der Waals surface area (Å²) in [5, 5.41) is 8.37. The highest BCUT2D eigenvalue weighted by atomic mass is 35.5. The van der Waals surface area contributed by atoms with E-state index in [4.69, 9.17) is 16.3 Å². The first-order chi connectivity index (χ1) is 9.63. The van der Waals surface area contributed by atoms with Crippen molar-refractivity contribution in [3.05, 3.63) is 41.2 Å². The van der Waals surface area contributed by atoms with Crippen LogP contribution in [-0.2, 0) is 4.74 Å². The summed E-state index contributed by atoms with van der Waals surface area (Å²) in [6.45, 7) is 0.967. The highest BCUT2D eigenvalue weighted by Gasteiger charge is 2.16. The van der Waals surface area contributed by atoms with Crippen molar-refractivity contribution in [2.45, 2.75) is 0 Å². The van der Waals surface area contributed by atoms with Crippen LogP contribution in [0.4, 0.5) is 0 Å². The van der Waals surface area contributed by atoms with E-state index in [-0.39, 0.29) is 11.6 Å². The van der Waals surface area contributed by atoms with Crippen LogP contribution in [0.5, 0.6) is 0 Å². The molecule has 0 atom stereocenters. The standard InChI is InChI=1S/C13H15ClN4O2/c1-17(7-8-20-2)13(19)11-9-18(16-15-11)12-6-4-3-5-10(12)14/h3-6,9H,7-8H2,1-2H3. The Morgan fingerprint density at radius 2 is 2.20 bits per heavy atom. The SMILES string of the molecule is COCCN(C)C(=O)c1cn(-c2ccccc2Cl)nn1. The normalized spacial score (nSPS) is 10.6. The lowest BCUT2D eigenvalue weighted by atomic mass is 10.3. The zero-order valence-electron chi connectivity index (χ0n) is 11.3. The average molecular weight is 295 g/mol. The molecule has 0 aliphatic rings. The molecule has 0 saturated carbocycles. The van der Waals surface area contributed by atoms with Gasteiger partial charge in [-0.1, -0.05) is 28.9 Å². The first kappa shape index (κ1) is 14.5. The fourth-order valence-electron chi connectivity index (χ4n) is 1.64. The number of ether oxygens (including phenoxy) is 1. The van der Waals surface area contributed by atoms with Gasteiger partial charge in [0.25, 0.3) is 5.91 Å². The van der Waals surface area contributed by atoms with Gasteiger partial charge in [-0.05, 0) is 12.1 Å². The lowest BCUT2D eigenvalue weighted by Gasteiger charge is -2.14. The van der Waals surface area contributed by atoms with Crippen LogP contribution in [0.2, 0.25) is 5.02 Å². The van der Waals surface area contributed by atoms with Gasteiger partial charge >= 0.3 is 0 Å². The molecule has 0 spiro atoms. The summed E-state index contributed by atoms with van der Waals surface area (Å²) in [5.74, 6) is -0.208. The molecule has 0 fully saturated rings. The molecule has 1 amide bonds. The van der Waals surface area contributed by atoms with Crippen LogP contribution in [0.3, 0.4) is 0 Å². The Balaban J connectivity index is 2.17. The Hall–Kier alpha value is -1.92. The van der Waals surface area contributed by atoms with E-state index in [0.717, 1.165) is 0 Å². The van der Waals surface area contributed by atoms with E-state index in [1.807, 2.05) is 12.1 Å². The van der Waals surface area contributed by atoms with Crippen molar-refractivity contribution in [1.29, 1.82) is 0 Å². The highest BCUT2D eigenvalue weighted by molar-refractivity contribution is 6.32. The largest absolute Gasteiger partial charge is 0.383 e. The molecule has 0 N–H and O–H groups in total. The molecule has 6 nitrogen and oxygen atoms in total. The number of benzene rings is 1. The number of para-hydroxylation sites is 1. The van der Waals surface area contributed by atoms with E-state index in [9.17, 15) is 4.79 Å². The summed E-state index contributed by atoms with van der Waals surface area (Å²) in [6.07, 6.45) is 1.56. The number of aromatic nitrogens is 3. The summed E-state index contributed by atoms with van der Waals surface area (Å²) >= 11 is 6.08. The highest BCUT2D eigenvalue weighted by Crippen LogP contribution is 2.18. The molecule has 7 heteroatoms. The van der Waals surface area contributed by atoms with Gasteiger partial charge in [-0.2, -0.15) is 0 Å². The third-order valence-corrected chi connectivity index (χ3v) is 3.11. The van der Waals surface area contributed by atoms with E-state index >= 15 is 0 Å². The van der Waals surface area contributed by atoms with E-state index < -0.39 is 0 Å². The minimum absolute atomic E-state index is 0.208. The van der Waals surface area contributed by atoms with Gasteiger partial charge in [0.15, 0.2) is 5.69 Å². The molecule has 106 valence electrons. The van der Waals surface area contributed by atoms with Crippen molar-refractivity contribution in [1.82, 2.24) is 19.9 Å². The summed E-state index contributed by atoms with van der Waals surface area (Å²) in [5.41, 5.74) is 0.948. The Morgan fingerprint density at radius 3 is 2.90 bits per heavy atom. The maximum atomic E-state index is 12.1. The summed E-state index contributed by atoms with van der Waals surface area (Å²) < 4.78 is 6.42. The van der Waals surface area contributed by atoms with E-state index in [2.05, 4.69) is 10.3 Å². The lowest BCUT2D eigenvalue weighted by molar-refractivity contribution is 0.0738. The first-order valence-corrected chi connectivity index (χ1v) is 6.43. The fourth-order valence-corrected chi connectivity index (χ4v) is 1.86. The van der Waals surface area contributed by atoms with Crippen LogP contribution >= 0.6 is 11.6 Å². The molecular formula is C13H15ClN4O2. The minimum atomic E-state index is -0.208. The number of carbonyl (C=O) groups is 1. The number of carbonyl (C=O) groups excluding carboxylic acids is 1. The van der Waals surface area contributed by atoms with Crippen LogP contribution in [0.1, 0.15) is 10.5 Å². The molecular weight excluding hydrogens is 280 g/mol. The van der Waals surface area contributed by atoms with Crippen molar-refractivity contribution in [2.75, 3.05) is 27.3 Å². The fraction of sp³-hybridized carbons (Fsp3) is 0.308. The molecule has 0 saturated heterocycles. The number of likely N-dealkylation sites (N-methyl/N-ethyl adjacent to an activating group) is 1. The number of rotatable bonds is 5. The Kier molecular flexibility index (Phi) is 4.70. The Labute approximate surface area is 121 Å². The molecule has 1 aromatic heterocycles. The van der Waals surface area contributed by atoms with Crippen molar-refractivity contribution in [3.8, 4) is 5.69 Å². The second kappa shape index (κ2) is 6.49. The summed E-state index contributed by atoms with van der Waals surface area (Å²) in [4.78, 5) is 13.6. The van der Waals surface area contributed by atoms with Crippen LogP contribution in [0.25, 0.3) is 5.69 Å². The molecule has 20 heavy (non-hydrogen) atoms. The van der Waals surface area contributed by atoms with Crippen LogP contribution in [0.15, 0.2) is 30.5 Å². The third-order valence-electron chi connectivity index (χ3n) is 2.79.